The van der Waals surface area contributed by atoms with Crippen molar-refractivity contribution in [3.05, 3.63) is 46.5 Å². The molecule has 4 rings (SSSR count). The molecule has 1 amide bonds. The molecule has 6 nitrogen and oxygen atoms in total. The van der Waals surface area contributed by atoms with Gasteiger partial charge >= 0.3 is 0 Å². The van der Waals surface area contributed by atoms with Crippen molar-refractivity contribution in [3.63, 3.8) is 0 Å². The lowest BCUT2D eigenvalue weighted by atomic mass is 10.1. The van der Waals surface area contributed by atoms with Crippen LogP contribution >= 0.6 is 0 Å². The molecule has 0 radical (unpaired) electrons. The number of carbonyl (C=O) groups is 1. The molecule has 1 aromatic carbocycles. The van der Waals surface area contributed by atoms with Gasteiger partial charge in [0.2, 0.25) is 5.91 Å². The van der Waals surface area contributed by atoms with Crippen molar-refractivity contribution in [1.82, 2.24) is 25.0 Å². The summed E-state index contributed by atoms with van der Waals surface area (Å²) in [7, 11) is 0. The van der Waals surface area contributed by atoms with E-state index >= 15 is 0 Å². The molecule has 0 bridgehead atoms. The summed E-state index contributed by atoms with van der Waals surface area (Å²) in [5.74, 6) is 2.30. The number of benzene rings is 1. The van der Waals surface area contributed by atoms with Crippen LogP contribution in [-0.2, 0) is 30.8 Å². The van der Waals surface area contributed by atoms with Crippen molar-refractivity contribution in [2.75, 3.05) is 13.1 Å². The highest BCUT2D eigenvalue weighted by Gasteiger charge is 2.29. The molecule has 6 heteroatoms. The molecule has 1 aromatic heterocycles. The molecule has 26 heavy (non-hydrogen) atoms. The molecular formula is C20H27N5O. The summed E-state index contributed by atoms with van der Waals surface area (Å²) in [6.07, 6.45) is 2.95. The zero-order valence-electron chi connectivity index (χ0n) is 15.7. The molecule has 0 atom stereocenters. The van der Waals surface area contributed by atoms with Crippen molar-refractivity contribution in [3.8, 4) is 0 Å². The molecule has 1 fully saturated rings. The van der Waals surface area contributed by atoms with Crippen LogP contribution in [0.3, 0.4) is 0 Å². The number of amides is 1. The van der Waals surface area contributed by atoms with Gasteiger partial charge in [-0.05, 0) is 37.8 Å². The first-order chi connectivity index (χ1) is 12.6. The van der Waals surface area contributed by atoms with Gasteiger partial charge in [0.15, 0.2) is 5.82 Å². The fraction of sp³-hybridized carbons (Fsp3) is 0.550. The summed E-state index contributed by atoms with van der Waals surface area (Å²) in [5.41, 5.74) is 4.06. The first-order valence-electron chi connectivity index (χ1n) is 9.57. The molecule has 2 aliphatic rings. The van der Waals surface area contributed by atoms with Crippen LogP contribution in [0.5, 0.6) is 0 Å². The normalized spacial score (nSPS) is 17.6. The lowest BCUT2D eigenvalue weighted by molar-refractivity contribution is -0.122. The van der Waals surface area contributed by atoms with Crippen LogP contribution in [0.25, 0.3) is 0 Å². The van der Waals surface area contributed by atoms with E-state index in [4.69, 9.17) is 0 Å². The van der Waals surface area contributed by atoms with Gasteiger partial charge in [0.05, 0.1) is 6.54 Å². The molecule has 1 N–H and O–H groups in total. The van der Waals surface area contributed by atoms with Crippen LogP contribution in [0.1, 0.15) is 41.2 Å². The van der Waals surface area contributed by atoms with Crippen molar-refractivity contribution in [2.45, 2.75) is 52.7 Å². The van der Waals surface area contributed by atoms with E-state index in [2.05, 4.69) is 57.0 Å². The highest BCUT2D eigenvalue weighted by atomic mass is 16.2. The van der Waals surface area contributed by atoms with Gasteiger partial charge in [-0.2, -0.15) is 0 Å². The maximum Gasteiger partial charge on any atom is 0.223 e. The molecule has 0 spiro atoms. The number of carbonyl (C=O) groups excluding carboxylic acids is 1. The molecule has 2 heterocycles. The Balaban J connectivity index is 1.39. The first-order valence-corrected chi connectivity index (χ1v) is 9.57. The van der Waals surface area contributed by atoms with Gasteiger partial charge in [-0.25, -0.2) is 0 Å². The number of aryl methyl sites for hydroxylation is 2. The molecule has 0 unspecified atom stereocenters. The minimum Gasteiger partial charge on any atom is -0.349 e. The zero-order valence-corrected chi connectivity index (χ0v) is 15.7. The smallest absolute Gasteiger partial charge is 0.223 e. The predicted molar refractivity (Wildman–Crippen MR) is 99.5 cm³/mol. The van der Waals surface area contributed by atoms with Gasteiger partial charge in [-0.15, -0.1) is 10.2 Å². The molecule has 2 aromatic rings. The number of hydrogen-bond donors (Lipinski definition) is 1. The van der Waals surface area contributed by atoms with Gasteiger partial charge in [-0.3, -0.25) is 9.69 Å². The Morgan fingerprint density at radius 1 is 1.19 bits per heavy atom. The summed E-state index contributed by atoms with van der Waals surface area (Å²) in [6, 6.07) is 6.67. The van der Waals surface area contributed by atoms with Gasteiger partial charge in [0.25, 0.3) is 0 Å². The fourth-order valence-corrected chi connectivity index (χ4v) is 3.58. The summed E-state index contributed by atoms with van der Waals surface area (Å²) in [6.45, 7) is 8.62. The van der Waals surface area contributed by atoms with Gasteiger partial charge in [-0.1, -0.05) is 23.8 Å². The van der Waals surface area contributed by atoms with Crippen molar-refractivity contribution < 1.29 is 4.79 Å². The van der Waals surface area contributed by atoms with E-state index < -0.39 is 0 Å². The highest BCUT2D eigenvalue weighted by Crippen LogP contribution is 2.28. The molecule has 138 valence electrons. The van der Waals surface area contributed by atoms with Crippen LogP contribution in [0.2, 0.25) is 0 Å². The van der Waals surface area contributed by atoms with E-state index in [1.54, 1.807) is 0 Å². The average Bonchev–Trinajstić information content (AvgIpc) is 3.43. The van der Waals surface area contributed by atoms with E-state index in [9.17, 15) is 4.79 Å². The summed E-state index contributed by atoms with van der Waals surface area (Å²) in [5, 5.41) is 11.7. The minimum absolute atomic E-state index is 0.160. The number of rotatable bonds is 5. The third-order valence-corrected chi connectivity index (χ3v) is 5.46. The second-order valence-electron chi connectivity index (χ2n) is 7.63. The van der Waals surface area contributed by atoms with Gasteiger partial charge in [0, 0.05) is 38.5 Å². The maximum absolute atomic E-state index is 11.9. The molecule has 0 saturated heterocycles. The Kier molecular flexibility index (Phi) is 4.76. The minimum atomic E-state index is 0.160. The fourth-order valence-electron chi connectivity index (χ4n) is 3.58. The second-order valence-corrected chi connectivity index (χ2v) is 7.63. The molecular weight excluding hydrogens is 326 g/mol. The lowest BCUT2D eigenvalue weighted by Crippen LogP contribution is -2.28. The standard InChI is InChI=1S/C20H27N5O/c1-14-3-4-15(2)17(11-14)13-24-8-7-18-22-23-19(25(18)10-9-24)12-21-20(26)16-5-6-16/h3-4,11,16H,5-10,12-13H2,1-2H3,(H,21,26). The van der Waals surface area contributed by atoms with Crippen LogP contribution in [-0.4, -0.2) is 38.7 Å². The second kappa shape index (κ2) is 7.19. The summed E-state index contributed by atoms with van der Waals surface area (Å²) >= 11 is 0. The van der Waals surface area contributed by atoms with Crippen molar-refractivity contribution >= 4 is 5.91 Å². The molecule has 1 saturated carbocycles. The maximum atomic E-state index is 11.9. The Hall–Kier alpha value is -2.21. The van der Waals surface area contributed by atoms with Crippen LogP contribution < -0.4 is 5.32 Å². The summed E-state index contributed by atoms with van der Waals surface area (Å²) in [4.78, 5) is 14.4. The third kappa shape index (κ3) is 3.80. The number of nitrogens with one attached hydrogen (secondary N) is 1. The van der Waals surface area contributed by atoms with Crippen LogP contribution in [0.4, 0.5) is 0 Å². The van der Waals surface area contributed by atoms with E-state index in [1.165, 1.54) is 16.7 Å². The first kappa shape index (κ1) is 17.2. The predicted octanol–water partition coefficient (Wildman–Crippen LogP) is 1.98. The zero-order chi connectivity index (χ0) is 18.1. The number of hydrogen-bond acceptors (Lipinski definition) is 4. The van der Waals surface area contributed by atoms with Crippen LogP contribution in [0.15, 0.2) is 18.2 Å². The highest BCUT2D eigenvalue weighted by molar-refractivity contribution is 5.80. The van der Waals surface area contributed by atoms with Crippen LogP contribution in [0, 0.1) is 19.8 Å². The van der Waals surface area contributed by atoms with Gasteiger partial charge in [0.1, 0.15) is 5.82 Å². The number of aromatic nitrogens is 3. The largest absolute Gasteiger partial charge is 0.349 e. The molecule has 1 aliphatic heterocycles. The van der Waals surface area contributed by atoms with Crippen molar-refractivity contribution in [2.24, 2.45) is 5.92 Å². The third-order valence-electron chi connectivity index (χ3n) is 5.46. The average molecular weight is 353 g/mol. The topological polar surface area (TPSA) is 63.1 Å². The Morgan fingerprint density at radius 2 is 2.04 bits per heavy atom. The lowest BCUT2D eigenvalue weighted by Gasteiger charge is -2.21. The van der Waals surface area contributed by atoms with E-state index in [0.29, 0.717) is 6.54 Å². The molecule has 1 aliphatic carbocycles. The SMILES string of the molecule is Cc1ccc(C)c(CN2CCc3nnc(CNC(=O)C4CC4)n3CC2)c1. The monoisotopic (exact) mass is 353 g/mol. The van der Waals surface area contributed by atoms with Gasteiger partial charge < -0.3 is 9.88 Å². The Labute approximate surface area is 154 Å². The quantitative estimate of drug-likeness (QED) is 0.893. The van der Waals surface area contributed by atoms with E-state index in [1.807, 2.05) is 0 Å². The summed E-state index contributed by atoms with van der Waals surface area (Å²) < 4.78 is 2.19. The van der Waals surface area contributed by atoms with Crippen molar-refractivity contribution in [1.29, 1.82) is 0 Å². The van der Waals surface area contributed by atoms with E-state index in [0.717, 1.165) is 57.1 Å². The number of fused-ring (bicyclic) bond motifs is 1. The Morgan fingerprint density at radius 3 is 2.85 bits per heavy atom. The van der Waals surface area contributed by atoms with E-state index in [-0.39, 0.29) is 11.8 Å². The number of nitrogens with zero attached hydrogens (tertiary/aromatic N) is 4. The Bertz CT molecular complexity index is 809.